The molecule has 102 valence electrons. The van der Waals surface area contributed by atoms with Crippen LogP contribution in [0.5, 0.6) is 5.75 Å². The van der Waals surface area contributed by atoms with Gasteiger partial charge in [-0.2, -0.15) is 0 Å². The van der Waals surface area contributed by atoms with Gasteiger partial charge in [0.1, 0.15) is 5.75 Å². The molecule has 0 aromatic heterocycles. The lowest BCUT2D eigenvalue weighted by molar-refractivity contribution is 0.387. The first kappa shape index (κ1) is 15.8. The Morgan fingerprint density at radius 2 is 2.00 bits per heavy atom. The molecule has 0 spiro atoms. The summed E-state index contributed by atoms with van der Waals surface area (Å²) in [6.45, 7) is 9.31. The zero-order chi connectivity index (χ0) is 13.9. The van der Waals surface area contributed by atoms with Gasteiger partial charge in [-0.1, -0.05) is 41.4 Å². The van der Waals surface area contributed by atoms with Crippen molar-refractivity contribution in [2.75, 3.05) is 19.1 Å². The monoisotopic (exact) mass is 333 g/mol. The predicted octanol–water partition coefficient (Wildman–Crippen LogP) is 4.19. The highest BCUT2D eigenvalue weighted by molar-refractivity contribution is 9.09. The van der Waals surface area contributed by atoms with Crippen LogP contribution in [0.25, 0.3) is 0 Å². The third kappa shape index (κ3) is 3.19. The van der Waals surface area contributed by atoms with E-state index in [9.17, 15) is 0 Å². The Morgan fingerprint density at radius 3 is 2.50 bits per heavy atom. The quantitative estimate of drug-likeness (QED) is 0.644. The fourth-order valence-corrected chi connectivity index (χ4v) is 2.72. The van der Waals surface area contributed by atoms with Crippen molar-refractivity contribution in [3.63, 3.8) is 0 Å². The van der Waals surface area contributed by atoms with E-state index in [1.165, 1.54) is 5.56 Å². The number of alkyl halides is 1. The average molecular weight is 335 g/mol. The lowest BCUT2D eigenvalue weighted by Crippen LogP contribution is -2.33. The van der Waals surface area contributed by atoms with Crippen molar-refractivity contribution in [3.8, 4) is 5.75 Å². The summed E-state index contributed by atoms with van der Waals surface area (Å²) >= 11 is 9.75. The summed E-state index contributed by atoms with van der Waals surface area (Å²) in [5, 5.41) is 4.15. The van der Waals surface area contributed by atoms with E-state index in [2.05, 4.69) is 42.0 Å². The van der Waals surface area contributed by atoms with Gasteiger partial charge in [0.05, 0.1) is 12.6 Å². The van der Waals surface area contributed by atoms with Crippen molar-refractivity contribution in [1.29, 1.82) is 0 Å². The first-order chi connectivity index (χ1) is 8.35. The van der Waals surface area contributed by atoms with Crippen LogP contribution in [-0.2, 0) is 5.41 Å². The molecule has 0 aliphatic heterocycles. The highest BCUT2D eigenvalue weighted by Gasteiger charge is 2.27. The van der Waals surface area contributed by atoms with E-state index < -0.39 is 0 Å². The van der Waals surface area contributed by atoms with Gasteiger partial charge in [0.15, 0.2) is 0 Å². The summed E-state index contributed by atoms with van der Waals surface area (Å²) in [6, 6.07) is 2.01. The summed E-state index contributed by atoms with van der Waals surface area (Å²) in [7, 11) is 1.71. The number of benzene rings is 1. The zero-order valence-electron chi connectivity index (χ0n) is 11.7. The molecule has 1 rings (SSSR count). The molecule has 0 atom stereocenters. The number of hydrogen-bond acceptors (Lipinski definition) is 2. The maximum atomic E-state index is 6.37. The Balaban J connectivity index is 3.33. The molecule has 0 aliphatic rings. The van der Waals surface area contributed by atoms with Crippen LogP contribution < -0.4 is 10.1 Å². The van der Waals surface area contributed by atoms with Crippen LogP contribution in [0.15, 0.2) is 6.07 Å². The molecule has 4 heteroatoms. The van der Waals surface area contributed by atoms with Crippen LogP contribution in [-0.4, -0.2) is 19.1 Å². The lowest BCUT2D eigenvalue weighted by Gasteiger charge is -2.30. The van der Waals surface area contributed by atoms with E-state index in [1.54, 1.807) is 7.11 Å². The largest absolute Gasteiger partial charge is 0.496 e. The van der Waals surface area contributed by atoms with Crippen LogP contribution in [0.4, 0.5) is 0 Å². The van der Waals surface area contributed by atoms with Crippen molar-refractivity contribution in [3.05, 3.63) is 27.8 Å². The van der Waals surface area contributed by atoms with Crippen molar-refractivity contribution >= 4 is 27.5 Å². The fourth-order valence-electron chi connectivity index (χ4n) is 2.37. The molecule has 2 nitrogen and oxygen atoms in total. The van der Waals surface area contributed by atoms with E-state index in [0.717, 1.165) is 33.9 Å². The standard InChI is InChI=1S/C14H21BrClNO/c1-9-6-11(18-5)12(10(2)13(9)16)14(3,4)7-17-8-15/h6,17H,7-8H2,1-5H3. The molecule has 0 radical (unpaired) electrons. The molecule has 0 saturated heterocycles. The van der Waals surface area contributed by atoms with Crippen LogP contribution in [0, 0.1) is 13.8 Å². The normalized spacial score (nSPS) is 11.7. The number of halogens is 2. The highest BCUT2D eigenvalue weighted by Crippen LogP contribution is 2.39. The third-order valence-electron chi connectivity index (χ3n) is 3.20. The van der Waals surface area contributed by atoms with Gasteiger partial charge in [-0.15, -0.1) is 0 Å². The predicted molar refractivity (Wildman–Crippen MR) is 82.3 cm³/mol. The van der Waals surface area contributed by atoms with Gasteiger partial charge in [-0.25, -0.2) is 0 Å². The van der Waals surface area contributed by atoms with Crippen LogP contribution in [0.3, 0.4) is 0 Å². The second-order valence-corrected chi connectivity index (χ2v) is 6.09. The Morgan fingerprint density at radius 1 is 1.39 bits per heavy atom. The smallest absolute Gasteiger partial charge is 0.123 e. The van der Waals surface area contributed by atoms with Crippen molar-refractivity contribution in [2.45, 2.75) is 33.1 Å². The average Bonchev–Trinajstić information content (AvgIpc) is 2.32. The minimum Gasteiger partial charge on any atom is -0.496 e. The molecule has 0 heterocycles. The topological polar surface area (TPSA) is 21.3 Å². The number of rotatable bonds is 5. The molecule has 1 N–H and O–H groups in total. The summed E-state index contributed by atoms with van der Waals surface area (Å²) < 4.78 is 5.53. The van der Waals surface area contributed by atoms with Crippen LogP contribution >= 0.6 is 27.5 Å². The summed E-state index contributed by atoms with van der Waals surface area (Å²) in [6.07, 6.45) is 0. The van der Waals surface area contributed by atoms with Crippen LogP contribution in [0.1, 0.15) is 30.5 Å². The molecular formula is C14H21BrClNO. The molecule has 0 saturated carbocycles. The van der Waals surface area contributed by atoms with Gasteiger partial charge < -0.3 is 10.1 Å². The summed E-state index contributed by atoms with van der Waals surface area (Å²) in [5.74, 6) is 0.913. The number of aryl methyl sites for hydroxylation is 1. The lowest BCUT2D eigenvalue weighted by atomic mass is 9.80. The Hall–Kier alpha value is -0.250. The molecule has 1 aromatic rings. The number of methoxy groups -OCH3 is 1. The highest BCUT2D eigenvalue weighted by atomic mass is 79.9. The molecular weight excluding hydrogens is 314 g/mol. The van der Waals surface area contributed by atoms with Gasteiger partial charge in [-0.05, 0) is 31.0 Å². The molecule has 0 aliphatic carbocycles. The van der Waals surface area contributed by atoms with E-state index in [-0.39, 0.29) is 5.41 Å². The van der Waals surface area contributed by atoms with E-state index in [0.29, 0.717) is 0 Å². The van der Waals surface area contributed by atoms with Gasteiger partial charge in [0.25, 0.3) is 0 Å². The molecule has 0 fully saturated rings. The van der Waals surface area contributed by atoms with Gasteiger partial charge in [-0.3, -0.25) is 0 Å². The Labute approximate surface area is 123 Å². The van der Waals surface area contributed by atoms with Gasteiger partial charge in [0.2, 0.25) is 0 Å². The summed E-state index contributed by atoms with van der Waals surface area (Å²) in [5.41, 5.74) is 4.07. The molecule has 0 amide bonds. The second kappa shape index (κ2) is 6.27. The van der Waals surface area contributed by atoms with Crippen LogP contribution in [0.2, 0.25) is 5.02 Å². The van der Waals surface area contributed by atoms with Crippen molar-refractivity contribution in [1.82, 2.24) is 5.32 Å². The maximum absolute atomic E-state index is 6.37. The SMILES string of the molecule is COc1cc(C)c(Cl)c(C)c1C(C)(C)CNCBr. The molecule has 0 unspecified atom stereocenters. The van der Waals surface area contributed by atoms with Gasteiger partial charge in [0, 0.05) is 22.5 Å². The minimum absolute atomic E-state index is 0.0411. The second-order valence-electron chi connectivity index (χ2n) is 5.15. The number of ether oxygens (including phenoxy) is 1. The maximum Gasteiger partial charge on any atom is 0.123 e. The summed E-state index contributed by atoms with van der Waals surface area (Å²) in [4.78, 5) is 0. The van der Waals surface area contributed by atoms with E-state index in [1.807, 2.05) is 13.0 Å². The van der Waals surface area contributed by atoms with Crippen molar-refractivity contribution in [2.24, 2.45) is 0 Å². The molecule has 18 heavy (non-hydrogen) atoms. The van der Waals surface area contributed by atoms with E-state index >= 15 is 0 Å². The molecule has 1 aromatic carbocycles. The Bertz CT molecular complexity index is 432. The zero-order valence-corrected chi connectivity index (χ0v) is 14.0. The first-order valence-corrected chi connectivity index (χ1v) is 7.46. The van der Waals surface area contributed by atoms with E-state index in [4.69, 9.17) is 16.3 Å². The fraction of sp³-hybridized carbons (Fsp3) is 0.571. The third-order valence-corrected chi connectivity index (χ3v) is 4.18. The number of nitrogens with one attached hydrogen (secondary N) is 1. The molecule has 0 bridgehead atoms. The van der Waals surface area contributed by atoms with Gasteiger partial charge >= 0.3 is 0 Å². The minimum atomic E-state index is -0.0411. The van der Waals surface area contributed by atoms with Crippen molar-refractivity contribution < 1.29 is 4.74 Å². The first-order valence-electron chi connectivity index (χ1n) is 5.96. The Kier molecular flexibility index (Phi) is 5.50. The number of hydrogen-bond donors (Lipinski definition) is 1.